The third-order valence-corrected chi connectivity index (χ3v) is 11.0. The summed E-state index contributed by atoms with van der Waals surface area (Å²) in [5, 5.41) is 0. The van der Waals surface area contributed by atoms with E-state index in [4.69, 9.17) is 28.9 Å². The summed E-state index contributed by atoms with van der Waals surface area (Å²) in [6.07, 6.45) is 5.87. The molecule has 3 aromatic heterocycles. The van der Waals surface area contributed by atoms with Crippen molar-refractivity contribution < 1.29 is 38.1 Å². The minimum absolute atomic E-state index is 0.353. The van der Waals surface area contributed by atoms with Crippen LogP contribution in [0.5, 0.6) is 0 Å². The van der Waals surface area contributed by atoms with Crippen LogP contribution in [-0.4, -0.2) is 72.3 Å². The van der Waals surface area contributed by atoms with E-state index in [9.17, 15) is 19.2 Å². The number of rotatable bonds is 8. The number of benzene rings is 4. The van der Waals surface area contributed by atoms with E-state index in [2.05, 4.69) is 9.97 Å². The number of esters is 4. The maximum Gasteiger partial charge on any atom is 0.337 e. The van der Waals surface area contributed by atoms with Crippen molar-refractivity contribution in [3.8, 4) is 33.4 Å². The molecule has 7 aromatic rings. The third kappa shape index (κ3) is 7.75. The number of carbonyl (C=O) groups excluding carboxylic acids is 4. The molecular weight excluding hydrogens is 809 g/mol. The van der Waals surface area contributed by atoms with Gasteiger partial charge in [0.15, 0.2) is 0 Å². The second kappa shape index (κ2) is 17.0. The van der Waals surface area contributed by atoms with Gasteiger partial charge in [-0.1, -0.05) is 48.5 Å². The van der Waals surface area contributed by atoms with Crippen LogP contribution in [0, 0.1) is 0 Å². The minimum atomic E-state index is -0.491. The lowest BCUT2D eigenvalue weighted by molar-refractivity contribution is 0.0592. The zero-order valence-corrected chi connectivity index (χ0v) is 35.0. The Labute approximate surface area is 366 Å². The van der Waals surface area contributed by atoms with Gasteiger partial charge in [-0.2, -0.15) is 0 Å². The van der Waals surface area contributed by atoms with Crippen molar-refractivity contribution in [1.82, 2.24) is 19.9 Å². The third-order valence-electron chi connectivity index (χ3n) is 11.0. The van der Waals surface area contributed by atoms with E-state index >= 15 is 0 Å². The monoisotopic (exact) mass is 846 g/mol. The second-order valence-corrected chi connectivity index (χ2v) is 14.9. The molecule has 0 fully saturated rings. The first-order valence-corrected chi connectivity index (χ1v) is 20.1. The highest BCUT2D eigenvalue weighted by atomic mass is 16.5. The molecule has 5 heterocycles. The van der Waals surface area contributed by atoms with Gasteiger partial charge in [0.25, 0.3) is 0 Å². The van der Waals surface area contributed by atoms with Crippen molar-refractivity contribution in [3.05, 3.63) is 178 Å². The predicted molar refractivity (Wildman–Crippen MR) is 245 cm³/mol. The van der Waals surface area contributed by atoms with Crippen LogP contribution in [0.15, 0.2) is 127 Å². The molecular formula is C52H38N4O8. The zero-order chi connectivity index (χ0) is 44.5. The highest BCUT2D eigenvalue weighted by molar-refractivity contribution is 6.11. The molecule has 4 aromatic carbocycles. The van der Waals surface area contributed by atoms with Crippen molar-refractivity contribution in [1.29, 1.82) is 0 Å². The Kier molecular flexibility index (Phi) is 10.8. The Hall–Kier alpha value is -8.64. The van der Waals surface area contributed by atoms with Gasteiger partial charge in [0.2, 0.25) is 0 Å². The van der Waals surface area contributed by atoms with Gasteiger partial charge >= 0.3 is 23.9 Å². The average molecular weight is 847 g/mol. The number of nitrogens with zero attached hydrogens (tertiary/aromatic N) is 2. The normalized spacial score (nSPS) is 11.7. The molecule has 9 rings (SSSR count). The number of fused-ring (bicyclic) bond motifs is 8. The molecule has 0 saturated carbocycles. The largest absolute Gasteiger partial charge is 0.465 e. The fourth-order valence-electron chi connectivity index (χ4n) is 7.92. The molecule has 0 atom stereocenters. The number of hydrogen-bond acceptors (Lipinski definition) is 10. The lowest BCUT2D eigenvalue weighted by Crippen LogP contribution is -2.01. The fourth-order valence-corrected chi connectivity index (χ4v) is 7.92. The topological polar surface area (TPSA) is 163 Å². The van der Waals surface area contributed by atoms with Crippen LogP contribution in [0.25, 0.3) is 79.2 Å². The smallest absolute Gasteiger partial charge is 0.337 e. The van der Waals surface area contributed by atoms with Gasteiger partial charge in [0, 0.05) is 38.8 Å². The first-order valence-electron chi connectivity index (χ1n) is 20.1. The van der Waals surface area contributed by atoms with Crippen LogP contribution in [0.1, 0.15) is 69.8 Å². The van der Waals surface area contributed by atoms with Gasteiger partial charge in [-0.25, -0.2) is 29.1 Å². The number of methoxy groups -OCH3 is 4. The van der Waals surface area contributed by atoms with Gasteiger partial charge in [-0.15, -0.1) is 0 Å². The summed E-state index contributed by atoms with van der Waals surface area (Å²) >= 11 is 0. The average Bonchev–Trinajstić information content (AvgIpc) is 4.16. The van der Waals surface area contributed by atoms with Gasteiger partial charge in [-0.3, -0.25) is 0 Å². The Bertz CT molecular complexity index is 3250. The molecule has 0 amide bonds. The van der Waals surface area contributed by atoms with Gasteiger partial charge in [0.05, 0.1) is 79.0 Å². The summed E-state index contributed by atoms with van der Waals surface area (Å²) in [6.45, 7) is 0. The number of aromatic amines is 2. The number of carbonyl (C=O) groups is 4. The van der Waals surface area contributed by atoms with Crippen LogP contribution < -0.4 is 0 Å². The molecule has 2 aliphatic rings. The lowest BCUT2D eigenvalue weighted by atomic mass is 9.90. The van der Waals surface area contributed by atoms with Gasteiger partial charge < -0.3 is 28.9 Å². The number of ether oxygens (including phenoxy) is 4. The van der Waals surface area contributed by atoms with Crippen molar-refractivity contribution in [2.24, 2.45) is 0 Å². The summed E-state index contributed by atoms with van der Waals surface area (Å²) in [5.41, 5.74) is 12.9. The maximum atomic E-state index is 12.8. The van der Waals surface area contributed by atoms with E-state index < -0.39 is 23.9 Å². The Morgan fingerprint density at radius 1 is 0.422 bits per heavy atom. The highest BCUT2D eigenvalue weighted by Crippen LogP contribution is 2.46. The fraction of sp³-hybridized carbons (Fsp3) is 0.0769. The molecule has 12 heteroatoms. The SMILES string of the molecule is COC(=O)c1ccc(C2=Cc3cc4ccc(cc5nc(cc6[nH]c(c(-c7ccc(C(=O)OC)cc7)c2n3)c(-c2ccc(C(=O)OC)cc2)c6-c2ccc(C(=O)OC)cc2)C=C5)[nH]4)cc1. The maximum absolute atomic E-state index is 12.8. The summed E-state index contributed by atoms with van der Waals surface area (Å²) < 4.78 is 20.2. The number of aromatic nitrogens is 4. The van der Waals surface area contributed by atoms with Gasteiger partial charge in [-0.05, 0) is 119 Å². The van der Waals surface area contributed by atoms with E-state index in [0.717, 1.165) is 50.1 Å². The highest BCUT2D eigenvalue weighted by Gasteiger charge is 2.26. The lowest BCUT2D eigenvalue weighted by Gasteiger charge is -2.13. The van der Waals surface area contributed by atoms with Crippen molar-refractivity contribution in [2.45, 2.75) is 0 Å². The minimum Gasteiger partial charge on any atom is -0.465 e. The first kappa shape index (κ1) is 40.7. The van der Waals surface area contributed by atoms with Crippen molar-refractivity contribution >= 4 is 69.7 Å². The molecule has 8 bridgehead atoms. The van der Waals surface area contributed by atoms with E-state index in [0.29, 0.717) is 61.5 Å². The van der Waals surface area contributed by atoms with Gasteiger partial charge in [0.1, 0.15) is 0 Å². The summed E-state index contributed by atoms with van der Waals surface area (Å²) in [5.74, 6) is -1.92. The number of nitrogens with one attached hydrogen (secondary N) is 2. The van der Waals surface area contributed by atoms with Crippen LogP contribution in [-0.2, 0) is 18.9 Å². The van der Waals surface area contributed by atoms with Crippen molar-refractivity contribution in [3.63, 3.8) is 0 Å². The van der Waals surface area contributed by atoms with E-state index in [1.54, 1.807) is 48.5 Å². The Morgan fingerprint density at radius 3 is 1.30 bits per heavy atom. The summed E-state index contributed by atoms with van der Waals surface area (Å²) in [6, 6.07) is 38.3. The van der Waals surface area contributed by atoms with Crippen LogP contribution in [0.3, 0.4) is 0 Å². The molecule has 0 saturated heterocycles. The molecule has 2 N–H and O–H groups in total. The standard InChI is InChI=1S/C52H38N4O8/c1-61-49(57)33-13-5-29(6-14-33)42-27-41-26-39-22-21-37(53-39)25-38-23-24-40(54-38)28-43-44(30-7-15-34(16-8-30)50(58)62-2)45(31-9-17-35(18-10-31)51(59)63-3)48(56-43)46(47(42)55-41)32-11-19-36(20-12-32)52(60)64-4/h5-28,53,56H,1-4H3. The van der Waals surface area contributed by atoms with E-state index in [1.807, 2.05) is 97.1 Å². The first-order chi connectivity index (χ1) is 31.1. The zero-order valence-electron chi connectivity index (χ0n) is 35.0. The molecule has 0 unspecified atom stereocenters. The van der Waals surface area contributed by atoms with E-state index in [-0.39, 0.29) is 0 Å². The molecule has 0 spiro atoms. The number of hydrogen-bond donors (Lipinski definition) is 2. The molecule has 2 aliphatic heterocycles. The summed E-state index contributed by atoms with van der Waals surface area (Å²) in [7, 11) is 5.34. The summed E-state index contributed by atoms with van der Waals surface area (Å²) in [4.78, 5) is 68.3. The molecule has 0 radical (unpaired) electrons. The molecule has 64 heavy (non-hydrogen) atoms. The molecule has 12 nitrogen and oxygen atoms in total. The van der Waals surface area contributed by atoms with Crippen LogP contribution in [0.2, 0.25) is 0 Å². The second-order valence-electron chi connectivity index (χ2n) is 14.9. The Morgan fingerprint density at radius 2 is 0.828 bits per heavy atom. The quantitative estimate of drug-likeness (QED) is 0.111. The van der Waals surface area contributed by atoms with Crippen LogP contribution in [0.4, 0.5) is 0 Å². The molecule has 0 aliphatic carbocycles. The molecule has 314 valence electrons. The van der Waals surface area contributed by atoms with Crippen LogP contribution >= 0.6 is 0 Å². The predicted octanol–water partition coefficient (Wildman–Crippen LogP) is 10.2. The number of H-pyrrole nitrogens is 2. The van der Waals surface area contributed by atoms with Crippen molar-refractivity contribution in [2.75, 3.05) is 28.4 Å². The van der Waals surface area contributed by atoms with E-state index in [1.165, 1.54) is 28.4 Å². The Balaban J connectivity index is 1.48.